The van der Waals surface area contributed by atoms with Crippen LogP contribution >= 0.6 is 0 Å². The molecule has 0 aromatic carbocycles. The molecule has 76 valence electrons. The first-order chi connectivity index (χ1) is 6.65. The molecule has 4 heteroatoms. The average Bonchev–Trinajstić information content (AvgIpc) is 2.17. The Balaban J connectivity index is 2.78. The topological polar surface area (TPSA) is 59.2 Å². The van der Waals surface area contributed by atoms with Crippen molar-refractivity contribution in [2.24, 2.45) is 0 Å². The van der Waals surface area contributed by atoms with E-state index in [2.05, 4.69) is 4.98 Å². The Hall–Kier alpha value is -1.58. The molecular weight excluding hydrogens is 178 g/mol. The first-order valence-corrected chi connectivity index (χ1v) is 4.63. The van der Waals surface area contributed by atoms with Gasteiger partial charge in [0, 0.05) is 13.6 Å². The second-order valence-electron chi connectivity index (χ2n) is 3.17. The molecular formula is C10H15N3O. The summed E-state index contributed by atoms with van der Waals surface area (Å²) in [7, 11) is 1.76. The van der Waals surface area contributed by atoms with E-state index in [0.29, 0.717) is 11.5 Å². The van der Waals surface area contributed by atoms with Crippen LogP contribution in [0, 0.1) is 0 Å². The molecule has 1 aromatic heterocycles. The molecule has 0 saturated heterocycles. The highest BCUT2D eigenvalue weighted by atomic mass is 16.2. The normalized spacial score (nSPS) is 9.86. The van der Waals surface area contributed by atoms with Gasteiger partial charge in [0.1, 0.15) is 11.5 Å². The van der Waals surface area contributed by atoms with Crippen molar-refractivity contribution >= 4 is 11.7 Å². The summed E-state index contributed by atoms with van der Waals surface area (Å²) in [5.41, 5.74) is 5.89. The quantitative estimate of drug-likeness (QED) is 0.783. The highest BCUT2D eigenvalue weighted by Crippen LogP contribution is 2.03. The number of nitrogens with zero attached hydrogens (tertiary/aromatic N) is 2. The van der Waals surface area contributed by atoms with Gasteiger partial charge in [-0.3, -0.25) is 4.79 Å². The van der Waals surface area contributed by atoms with E-state index < -0.39 is 0 Å². The van der Waals surface area contributed by atoms with E-state index in [0.717, 1.165) is 13.0 Å². The van der Waals surface area contributed by atoms with Gasteiger partial charge in [-0.1, -0.05) is 13.0 Å². The van der Waals surface area contributed by atoms with E-state index in [4.69, 9.17) is 5.73 Å². The Morgan fingerprint density at radius 1 is 1.57 bits per heavy atom. The number of rotatable bonds is 3. The highest BCUT2D eigenvalue weighted by Gasteiger charge is 2.11. The van der Waals surface area contributed by atoms with E-state index in [9.17, 15) is 4.79 Å². The van der Waals surface area contributed by atoms with Crippen molar-refractivity contribution in [1.29, 1.82) is 0 Å². The fraction of sp³-hybridized carbons (Fsp3) is 0.400. The van der Waals surface area contributed by atoms with Crippen molar-refractivity contribution < 1.29 is 4.79 Å². The minimum absolute atomic E-state index is 0.0841. The molecule has 1 heterocycles. The van der Waals surface area contributed by atoms with Crippen molar-refractivity contribution in [2.75, 3.05) is 19.3 Å². The number of amides is 1. The standard InChI is InChI=1S/C10H15N3O/c1-3-7-13(2)10(14)8-5-4-6-9(11)12-8/h4-6H,3,7H2,1-2H3,(H2,11,12). The lowest BCUT2D eigenvalue weighted by Crippen LogP contribution is -2.28. The Morgan fingerprint density at radius 2 is 2.29 bits per heavy atom. The van der Waals surface area contributed by atoms with E-state index in [1.54, 1.807) is 30.1 Å². The summed E-state index contributed by atoms with van der Waals surface area (Å²) in [6, 6.07) is 5.07. The molecule has 0 aliphatic rings. The number of nitrogens with two attached hydrogens (primary N) is 1. The molecule has 0 unspecified atom stereocenters. The lowest BCUT2D eigenvalue weighted by Gasteiger charge is -2.15. The van der Waals surface area contributed by atoms with Gasteiger partial charge in [0.2, 0.25) is 0 Å². The van der Waals surface area contributed by atoms with Crippen molar-refractivity contribution in [3.05, 3.63) is 23.9 Å². The first kappa shape index (κ1) is 10.5. The van der Waals surface area contributed by atoms with Crippen LogP contribution in [0.1, 0.15) is 23.8 Å². The average molecular weight is 193 g/mol. The van der Waals surface area contributed by atoms with E-state index >= 15 is 0 Å². The minimum Gasteiger partial charge on any atom is -0.384 e. The zero-order valence-corrected chi connectivity index (χ0v) is 8.53. The van der Waals surface area contributed by atoms with Gasteiger partial charge in [-0.15, -0.1) is 0 Å². The molecule has 0 aliphatic heterocycles. The van der Waals surface area contributed by atoms with Crippen molar-refractivity contribution in [3.63, 3.8) is 0 Å². The Kier molecular flexibility index (Phi) is 3.45. The third-order valence-electron chi connectivity index (χ3n) is 1.90. The number of carbonyl (C=O) groups is 1. The van der Waals surface area contributed by atoms with Crippen LogP contribution in [0.2, 0.25) is 0 Å². The molecule has 0 fully saturated rings. The van der Waals surface area contributed by atoms with E-state index in [-0.39, 0.29) is 5.91 Å². The van der Waals surface area contributed by atoms with Gasteiger partial charge in [-0.25, -0.2) is 4.98 Å². The Labute approximate surface area is 83.7 Å². The number of carbonyl (C=O) groups excluding carboxylic acids is 1. The second kappa shape index (κ2) is 4.60. The van der Waals surface area contributed by atoms with Crippen LogP contribution in [-0.4, -0.2) is 29.4 Å². The van der Waals surface area contributed by atoms with Crippen molar-refractivity contribution in [1.82, 2.24) is 9.88 Å². The molecule has 0 bridgehead atoms. The molecule has 2 N–H and O–H groups in total. The van der Waals surface area contributed by atoms with Gasteiger partial charge in [-0.05, 0) is 18.6 Å². The zero-order valence-electron chi connectivity index (χ0n) is 8.53. The van der Waals surface area contributed by atoms with Crippen LogP contribution < -0.4 is 5.73 Å². The third-order valence-corrected chi connectivity index (χ3v) is 1.90. The zero-order chi connectivity index (χ0) is 10.6. The largest absolute Gasteiger partial charge is 0.384 e. The smallest absolute Gasteiger partial charge is 0.272 e. The molecule has 0 atom stereocenters. The van der Waals surface area contributed by atoms with Gasteiger partial charge < -0.3 is 10.6 Å². The van der Waals surface area contributed by atoms with E-state index in [1.165, 1.54) is 0 Å². The van der Waals surface area contributed by atoms with Gasteiger partial charge in [0.25, 0.3) is 5.91 Å². The summed E-state index contributed by atoms with van der Waals surface area (Å²) < 4.78 is 0. The lowest BCUT2D eigenvalue weighted by atomic mass is 10.3. The molecule has 4 nitrogen and oxygen atoms in total. The number of hydrogen-bond acceptors (Lipinski definition) is 3. The highest BCUT2D eigenvalue weighted by molar-refractivity contribution is 5.92. The number of pyridine rings is 1. The summed E-state index contributed by atoms with van der Waals surface area (Å²) >= 11 is 0. The molecule has 14 heavy (non-hydrogen) atoms. The summed E-state index contributed by atoms with van der Waals surface area (Å²) in [4.78, 5) is 17.3. The fourth-order valence-corrected chi connectivity index (χ4v) is 1.20. The fourth-order valence-electron chi connectivity index (χ4n) is 1.20. The molecule has 0 spiro atoms. The maximum atomic E-state index is 11.7. The SMILES string of the molecule is CCCN(C)C(=O)c1cccc(N)n1. The van der Waals surface area contributed by atoms with Crippen molar-refractivity contribution in [3.8, 4) is 0 Å². The van der Waals surface area contributed by atoms with Crippen LogP contribution in [0.3, 0.4) is 0 Å². The van der Waals surface area contributed by atoms with Gasteiger partial charge in [0.05, 0.1) is 0 Å². The predicted molar refractivity (Wildman–Crippen MR) is 55.9 cm³/mol. The predicted octanol–water partition coefficient (Wildman–Crippen LogP) is 1.15. The van der Waals surface area contributed by atoms with Crippen LogP contribution in [0.15, 0.2) is 18.2 Å². The van der Waals surface area contributed by atoms with Gasteiger partial charge in [-0.2, -0.15) is 0 Å². The number of hydrogen-bond donors (Lipinski definition) is 1. The number of nitrogen functional groups attached to an aromatic ring is 1. The molecule has 0 aliphatic carbocycles. The number of aromatic nitrogens is 1. The second-order valence-corrected chi connectivity index (χ2v) is 3.17. The number of anilines is 1. The summed E-state index contributed by atoms with van der Waals surface area (Å²) in [6.07, 6.45) is 0.935. The first-order valence-electron chi connectivity index (χ1n) is 4.63. The molecule has 1 aromatic rings. The maximum Gasteiger partial charge on any atom is 0.272 e. The molecule has 0 saturated carbocycles. The Bertz CT molecular complexity index is 325. The summed E-state index contributed by atoms with van der Waals surface area (Å²) in [5.74, 6) is 0.292. The lowest BCUT2D eigenvalue weighted by molar-refractivity contribution is 0.0789. The Morgan fingerprint density at radius 3 is 2.86 bits per heavy atom. The molecule has 1 amide bonds. The summed E-state index contributed by atoms with van der Waals surface area (Å²) in [5, 5.41) is 0. The van der Waals surface area contributed by atoms with Gasteiger partial charge in [0.15, 0.2) is 0 Å². The van der Waals surface area contributed by atoms with Crippen molar-refractivity contribution in [2.45, 2.75) is 13.3 Å². The molecule has 1 rings (SSSR count). The van der Waals surface area contributed by atoms with E-state index in [1.807, 2.05) is 6.92 Å². The monoisotopic (exact) mass is 193 g/mol. The van der Waals surface area contributed by atoms with Crippen LogP contribution in [-0.2, 0) is 0 Å². The van der Waals surface area contributed by atoms with Crippen LogP contribution in [0.5, 0.6) is 0 Å². The van der Waals surface area contributed by atoms with Crippen LogP contribution in [0.4, 0.5) is 5.82 Å². The van der Waals surface area contributed by atoms with Crippen LogP contribution in [0.25, 0.3) is 0 Å². The maximum absolute atomic E-state index is 11.7. The summed E-state index contributed by atoms with van der Waals surface area (Å²) in [6.45, 7) is 2.76. The molecule has 0 radical (unpaired) electrons. The minimum atomic E-state index is -0.0841. The third kappa shape index (κ3) is 2.45. The van der Waals surface area contributed by atoms with Gasteiger partial charge >= 0.3 is 0 Å².